The number of alkyl halides is 6. The van der Waals surface area contributed by atoms with Crippen molar-refractivity contribution in [1.29, 1.82) is 0 Å². The van der Waals surface area contributed by atoms with Gasteiger partial charge in [-0.05, 0) is 36.4 Å². The molecule has 0 radical (unpaired) electrons. The third-order valence-corrected chi connectivity index (χ3v) is 6.51. The summed E-state index contributed by atoms with van der Waals surface area (Å²) in [6.07, 6.45) is -6.01. The maximum absolute atomic E-state index is 10.6. The molecule has 0 saturated carbocycles. The molecule has 212 valence electrons. The normalized spacial score (nSPS) is 18.1. The van der Waals surface area contributed by atoms with Crippen LogP contribution in [0.4, 0.5) is 26.3 Å². The average Bonchev–Trinajstić information content (AvgIpc) is 3.34. The molecule has 0 bridgehead atoms. The SMILES string of the molecule is O=C(O)C(F)(F)F.O=C(O)C(F)(F)F.c1ccc(CN2CCOC3(CCN(Cc4cccs4)CC3)C2)nc1. The number of likely N-dealkylation sites (tertiary alicyclic amines) is 1. The Morgan fingerprint density at radius 3 is 2.00 bits per heavy atom. The number of carboxylic acid groups (broad SMARTS) is 2. The largest absolute Gasteiger partial charge is 0.490 e. The molecular weight excluding hydrogens is 544 g/mol. The third kappa shape index (κ3) is 10.9. The van der Waals surface area contributed by atoms with Crippen molar-refractivity contribution in [3.63, 3.8) is 0 Å². The molecule has 8 nitrogen and oxygen atoms in total. The lowest BCUT2D eigenvalue weighted by Crippen LogP contribution is -2.56. The summed E-state index contributed by atoms with van der Waals surface area (Å²) in [7, 11) is 0. The van der Waals surface area contributed by atoms with E-state index in [-0.39, 0.29) is 5.60 Å². The number of carboxylic acids is 2. The fourth-order valence-electron chi connectivity index (χ4n) is 3.82. The molecule has 1 spiro atoms. The first kappa shape index (κ1) is 31.5. The van der Waals surface area contributed by atoms with Gasteiger partial charge >= 0.3 is 24.3 Å². The molecule has 2 aromatic heterocycles. The van der Waals surface area contributed by atoms with Crippen molar-refractivity contribution in [2.45, 2.75) is 43.9 Å². The number of piperidine rings is 1. The summed E-state index contributed by atoms with van der Waals surface area (Å²) >= 11 is 1.86. The second kappa shape index (κ2) is 13.9. The van der Waals surface area contributed by atoms with Crippen molar-refractivity contribution in [1.82, 2.24) is 14.8 Å². The molecule has 4 heterocycles. The van der Waals surface area contributed by atoms with E-state index in [1.54, 1.807) is 0 Å². The maximum Gasteiger partial charge on any atom is 0.490 e. The highest BCUT2D eigenvalue weighted by Gasteiger charge is 2.40. The molecular formula is C23H27F6N3O5S. The quantitative estimate of drug-likeness (QED) is 0.525. The number of hydrogen-bond donors (Lipinski definition) is 2. The molecule has 2 aromatic rings. The van der Waals surface area contributed by atoms with Gasteiger partial charge in [-0.3, -0.25) is 14.8 Å². The first-order valence-corrected chi connectivity index (χ1v) is 12.2. The van der Waals surface area contributed by atoms with Crippen LogP contribution in [-0.2, 0) is 27.4 Å². The van der Waals surface area contributed by atoms with E-state index in [0.717, 1.165) is 64.4 Å². The molecule has 38 heavy (non-hydrogen) atoms. The highest BCUT2D eigenvalue weighted by atomic mass is 32.1. The molecule has 0 aromatic carbocycles. The van der Waals surface area contributed by atoms with E-state index in [1.165, 1.54) is 4.88 Å². The summed E-state index contributed by atoms with van der Waals surface area (Å²) in [6.45, 7) is 7.19. The molecule has 2 aliphatic heterocycles. The van der Waals surface area contributed by atoms with Gasteiger partial charge in [0.05, 0.1) is 17.9 Å². The molecule has 2 aliphatic rings. The van der Waals surface area contributed by atoms with Crippen molar-refractivity contribution >= 4 is 23.3 Å². The molecule has 4 rings (SSSR count). The Labute approximate surface area is 218 Å². The minimum atomic E-state index is -5.08. The van der Waals surface area contributed by atoms with E-state index in [1.807, 2.05) is 23.6 Å². The summed E-state index contributed by atoms with van der Waals surface area (Å²) in [5.41, 5.74) is 1.21. The Kier molecular flexibility index (Phi) is 11.5. The zero-order chi connectivity index (χ0) is 28.4. The number of halogens is 6. The van der Waals surface area contributed by atoms with E-state index in [9.17, 15) is 26.3 Å². The maximum atomic E-state index is 10.6. The Balaban J connectivity index is 0.000000301. The zero-order valence-electron chi connectivity index (χ0n) is 20.0. The lowest BCUT2D eigenvalue weighted by molar-refractivity contribution is -0.193. The van der Waals surface area contributed by atoms with Gasteiger partial charge in [0.2, 0.25) is 0 Å². The van der Waals surface area contributed by atoms with Crippen molar-refractivity contribution in [2.24, 2.45) is 0 Å². The number of aromatic nitrogens is 1. The number of morpholine rings is 1. The second-order valence-electron chi connectivity index (χ2n) is 8.52. The number of thiophene rings is 1. The topological polar surface area (TPSA) is 103 Å². The Bertz CT molecular complexity index is 973. The van der Waals surface area contributed by atoms with Gasteiger partial charge in [-0.1, -0.05) is 12.1 Å². The Morgan fingerprint density at radius 2 is 1.53 bits per heavy atom. The van der Waals surface area contributed by atoms with Crippen LogP contribution in [0.15, 0.2) is 41.9 Å². The first-order chi connectivity index (χ1) is 17.7. The standard InChI is InChI=1S/C19H25N3OS.2C2HF3O2/c1-2-8-20-17(4-1)14-22-11-12-23-19(16-22)6-9-21(10-7-19)15-18-5-3-13-24-18;2*3-2(4,5)1(6)7/h1-5,8,13H,6-7,9-12,14-16H2;2*(H,6,7). The molecule has 2 saturated heterocycles. The van der Waals surface area contributed by atoms with Crippen LogP contribution < -0.4 is 0 Å². The number of aliphatic carboxylic acids is 2. The van der Waals surface area contributed by atoms with Crippen LogP contribution in [0.1, 0.15) is 23.4 Å². The monoisotopic (exact) mass is 571 g/mol. The van der Waals surface area contributed by atoms with E-state index < -0.39 is 24.3 Å². The molecule has 0 atom stereocenters. The lowest BCUT2D eigenvalue weighted by Gasteiger charge is -2.47. The molecule has 2 fully saturated rings. The highest BCUT2D eigenvalue weighted by molar-refractivity contribution is 7.09. The molecule has 15 heteroatoms. The van der Waals surface area contributed by atoms with Gasteiger partial charge in [0.15, 0.2) is 0 Å². The molecule has 0 unspecified atom stereocenters. The lowest BCUT2D eigenvalue weighted by atomic mass is 9.89. The van der Waals surface area contributed by atoms with E-state index in [4.69, 9.17) is 24.5 Å². The number of nitrogens with zero attached hydrogens (tertiary/aromatic N) is 3. The predicted octanol–water partition coefficient (Wildman–Crippen LogP) is 4.28. The zero-order valence-corrected chi connectivity index (χ0v) is 20.9. The van der Waals surface area contributed by atoms with Crippen LogP contribution in [0, 0.1) is 0 Å². The van der Waals surface area contributed by atoms with Crippen LogP contribution >= 0.6 is 11.3 Å². The van der Waals surface area contributed by atoms with Crippen LogP contribution in [0.5, 0.6) is 0 Å². The van der Waals surface area contributed by atoms with Crippen molar-refractivity contribution < 1.29 is 50.9 Å². The first-order valence-electron chi connectivity index (χ1n) is 11.3. The summed E-state index contributed by atoms with van der Waals surface area (Å²) in [5.74, 6) is -5.51. The van der Waals surface area contributed by atoms with Crippen LogP contribution in [0.2, 0.25) is 0 Å². The van der Waals surface area contributed by atoms with Gasteiger partial charge in [0.1, 0.15) is 0 Å². The van der Waals surface area contributed by atoms with Crippen molar-refractivity contribution in [2.75, 3.05) is 32.8 Å². The van der Waals surface area contributed by atoms with Crippen LogP contribution in [-0.4, -0.2) is 87.7 Å². The van der Waals surface area contributed by atoms with E-state index in [0.29, 0.717) is 0 Å². The van der Waals surface area contributed by atoms with E-state index in [2.05, 4.69) is 44.4 Å². The van der Waals surface area contributed by atoms with Gasteiger partial charge in [0.25, 0.3) is 0 Å². The van der Waals surface area contributed by atoms with Gasteiger partial charge < -0.3 is 14.9 Å². The highest BCUT2D eigenvalue weighted by Crippen LogP contribution is 2.31. The Morgan fingerprint density at radius 1 is 0.921 bits per heavy atom. The predicted molar refractivity (Wildman–Crippen MR) is 124 cm³/mol. The smallest absolute Gasteiger partial charge is 0.475 e. The number of rotatable bonds is 4. The van der Waals surface area contributed by atoms with Crippen LogP contribution in [0.25, 0.3) is 0 Å². The van der Waals surface area contributed by atoms with E-state index >= 15 is 0 Å². The summed E-state index contributed by atoms with van der Waals surface area (Å²) in [4.78, 5) is 28.8. The van der Waals surface area contributed by atoms with Gasteiger partial charge in [-0.25, -0.2) is 9.59 Å². The summed E-state index contributed by atoms with van der Waals surface area (Å²) < 4.78 is 69.7. The number of ether oxygens (including phenoxy) is 1. The fraction of sp³-hybridized carbons (Fsp3) is 0.522. The fourth-order valence-corrected chi connectivity index (χ4v) is 4.57. The number of pyridine rings is 1. The van der Waals surface area contributed by atoms with Crippen molar-refractivity contribution in [3.8, 4) is 0 Å². The molecule has 0 aliphatic carbocycles. The minimum Gasteiger partial charge on any atom is -0.475 e. The Hall–Kier alpha value is -2.75. The second-order valence-corrected chi connectivity index (χ2v) is 9.56. The van der Waals surface area contributed by atoms with Crippen molar-refractivity contribution in [3.05, 3.63) is 52.5 Å². The van der Waals surface area contributed by atoms with Crippen LogP contribution in [0.3, 0.4) is 0 Å². The van der Waals surface area contributed by atoms with Gasteiger partial charge in [0, 0.05) is 50.3 Å². The van der Waals surface area contributed by atoms with Gasteiger partial charge in [-0.15, -0.1) is 11.3 Å². The minimum absolute atomic E-state index is 0.0545. The third-order valence-electron chi connectivity index (χ3n) is 5.65. The number of carbonyl (C=O) groups is 2. The average molecular weight is 572 g/mol. The van der Waals surface area contributed by atoms with Gasteiger partial charge in [-0.2, -0.15) is 26.3 Å². The summed E-state index contributed by atoms with van der Waals surface area (Å²) in [5, 5.41) is 16.4. The molecule has 2 N–H and O–H groups in total. The molecule has 0 amide bonds. The number of hydrogen-bond acceptors (Lipinski definition) is 7. The summed E-state index contributed by atoms with van der Waals surface area (Å²) in [6, 6.07) is 10.5.